The molecule has 0 aromatic heterocycles. The van der Waals surface area contributed by atoms with Gasteiger partial charge in [-0.25, -0.2) is 0 Å². The van der Waals surface area contributed by atoms with Crippen LogP contribution in [-0.2, 0) is 4.79 Å². The lowest BCUT2D eigenvalue weighted by Crippen LogP contribution is -2.16. The maximum absolute atomic E-state index is 11.6. The van der Waals surface area contributed by atoms with E-state index in [1.54, 1.807) is 0 Å². The SMILES string of the molecule is O=C1CCC=C2Oc3ccccc3C=C12. The van der Waals surface area contributed by atoms with Crippen molar-refractivity contribution in [2.24, 2.45) is 0 Å². The molecule has 0 N–H and O–H groups in total. The summed E-state index contributed by atoms with van der Waals surface area (Å²) in [5.74, 6) is 1.74. The van der Waals surface area contributed by atoms with E-state index in [2.05, 4.69) is 0 Å². The molecule has 0 atom stereocenters. The van der Waals surface area contributed by atoms with Crippen molar-refractivity contribution in [1.29, 1.82) is 0 Å². The van der Waals surface area contributed by atoms with Gasteiger partial charge in [0.05, 0.1) is 5.57 Å². The van der Waals surface area contributed by atoms with Crippen molar-refractivity contribution >= 4 is 11.9 Å². The number of rotatable bonds is 0. The molecule has 1 aromatic rings. The summed E-state index contributed by atoms with van der Waals surface area (Å²) >= 11 is 0. The number of hydrogen-bond acceptors (Lipinski definition) is 2. The molecule has 0 spiro atoms. The Hall–Kier alpha value is -1.83. The standard InChI is InChI=1S/C13H10O2/c14-11-5-3-7-13-10(11)8-9-4-1-2-6-12(9)15-13/h1-2,4,6-8H,3,5H2. The van der Waals surface area contributed by atoms with E-state index in [1.165, 1.54) is 0 Å². The highest BCUT2D eigenvalue weighted by atomic mass is 16.5. The van der Waals surface area contributed by atoms with Gasteiger partial charge in [-0.1, -0.05) is 18.2 Å². The van der Waals surface area contributed by atoms with Crippen molar-refractivity contribution in [1.82, 2.24) is 0 Å². The van der Waals surface area contributed by atoms with Crippen LogP contribution in [0.25, 0.3) is 6.08 Å². The molecule has 1 aliphatic heterocycles. The number of carbonyl (C=O) groups is 1. The van der Waals surface area contributed by atoms with Gasteiger partial charge in [0.15, 0.2) is 5.78 Å². The Morgan fingerprint density at radius 3 is 3.00 bits per heavy atom. The number of fused-ring (bicyclic) bond motifs is 2. The Labute approximate surface area is 87.9 Å². The highest BCUT2D eigenvalue weighted by Gasteiger charge is 2.24. The van der Waals surface area contributed by atoms with Crippen molar-refractivity contribution in [3.8, 4) is 5.75 Å². The van der Waals surface area contributed by atoms with Crippen molar-refractivity contribution in [2.45, 2.75) is 12.8 Å². The molecule has 3 rings (SSSR count). The second kappa shape index (κ2) is 3.09. The highest BCUT2D eigenvalue weighted by molar-refractivity contribution is 6.05. The van der Waals surface area contributed by atoms with Crippen molar-refractivity contribution in [2.75, 3.05) is 0 Å². The van der Waals surface area contributed by atoms with E-state index in [-0.39, 0.29) is 5.78 Å². The minimum absolute atomic E-state index is 0.182. The largest absolute Gasteiger partial charge is 0.456 e. The molecule has 0 saturated heterocycles. The first kappa shape index (κ1) is 8.48. The Morgan fingerprint density at radius 2 is 2.07 bits per heavy atom. The number of allylic oxidation sites excluding steroid dienone is 2. The van der Waals surface area contributed by atoms with Gasteiger partial charge in [0, 0.05) is 12.0 Å². The quantitative estimate of drug-likeness (QED) is 0.640. The minimum atomic E-state index is 0.182. The highest BCUT2D eigenvalue weighted by Crippen LogP contribution is 2.34. The van der Waals surface area contributed by atoms with Crippen LogP contribution in [0.5, 0.6) is 5.75 Å². The molecule has 0 saturated carbocycles. The maximum atomic E-state index is 11.6. The summed E-state index contributed by atoms with van der Waals surface area (Å²) in [6.45, 7) is 0. The summed E-state index contributed by atoms with van der Waals surface area (Å²) in [7, 11) is 0. The third kappa shape index (κ3) is 1.30. The zero-order valence-electron chi connectivity index (χ0n) is 8.19. The number of para-hydroxylation sites is 1. The normalized spacial score (nSPS) is 18.3. The molecule has 1 aliphatic carbocycles. The average Bonchev–Trinajstić information content (AvgIpc) is 2.27. The number of Topliss-reactive ketones (excluding diaryl/α,β-unsaturated/α-hetero) is 1. The fourth-order valence-electron chi connectivity index (χ4n) is 1.93. The lowest BCUT2D eigenvalue weighted by molar-refractivity contribution is -0.115. The van der Waals surface area contributed by atoms with E-state index in [0.29, 0.717) is 6.42 Å². The molecule has 0 unspecified atom stereocenters. The number of benzene rings is 1. The molecule has 74 valence electrons. The van der Waals surface area contributed by atoms with Gasteiger partial charge in [-0.05, 0) is 24.6 Å². The molecule has 0 amide bonds. The molecule has 0 radical (unpaired) electrons. The van der Waals surface area contributed by atoms with Gasteiger partial charge >= 0.3 is 0 Å². The fraction of sp³-hybridized carbons (Fsp3) is 0.154. The lowest BCUT2D eigenvalue weighted by atomic mass is 9.94. The average molecular weight is 198 g/mol. The van der Waals surface area contributed by atoms with Crippen LogP contribution in [0.2, 0.25) is 0 Å². The fourth-order valence-corrected chi connectivity index (χ4v) is 1.93. The minimum Gasteiger partial charge on any atom is -0.456 e. The molecule has 2 nitrogen and oxygen atoms in total. The molecular formula is C13H10O2. The first-order chi connectivity index (χ1) is 7.34. The van der Waals surface area contributed by atoms with Crippen molar-refractivity contribution in [3.63, 3.8) is 0 Å². The molecule has 15 heavy (non-hydrogen) atoms. The molecular weight excluding hydrogens is 188 g/mol. The van der Waals surface area contributed by atoms with Gasteiger partial charge in [0.2, 0.25) is 0 Å². The smallest absolute Gasteiger partial charge is 0.166 e. The summed E-state index contributed by atoms with van der Waals surface area (Å²) in [5.41, 5.74) is 1.71. The van der Waals surface area contributed by atoms with Crippen LogP contribution in [0, 0.1) is 0 Å². The third-order valence-electron chi connectivity index (χ3n) is 2.71. The predicted octanol–water partition coefficient (Wildman–Crippen LogP) is 2.71. The monoisotopic (exact) mass is 198 g/mol. The zero-order chi connectivity index (χ0) is 10.3. The van der Waals surface area contributed by atoms with E-state index in [1.807, 2.05) is 36.4 Å². The van der Waals surface area contributed by atoms with Crippen LogP contribution >= 0.6 is 0 Å². The molecule has 0 fully saturated rings. The van der Waals surface area contributed by atoms with Crippen LogP contribution in [0.3, 0.4) is 0 Å². The van der Waals surface area contributed by atoms with Gasteiger partial charge in [-0.2, -0.15) is 0 Å². The Morgan fingerprint density at radius 1 is 1.20 bits per heavy atom. The summed E-state index contributed by atoms with van der Waals surface area (Å²) in [4.78, 5) is 11.6. The van der Waals surface area contributed by atoms with E-state index >= 15 is 0 Å². The van der Waals surface area contributed by atoms with Crippen molar-refractivity contribution < 1.29 is 9.53 Å². The van der Waals surface area contributed by atoms with Crippen LogP contribution in [0.1, 0.15) is 18.4 Å². The van der Waals surface area contributed by atoms with Gasteiger partial charge in [-0.3, -0.25) is 4.79 Å². The first-order valence-corrected chi connectivity index (χ1v) is 5.07. The van der Waals surface area contributed by atoms with Crippen LogP contribution in [0.15, 0.2) is 41.7 Å². The number of carbonyl (C=O) groups excluding carboxylic acids is 1. The molecule has 1 aromatic carbocycles. The third-order valence-corrected chi connectivity index (χ3v) is 2.71. The van der Waals surface area contributed by atoms with Crippen LogP contribution in [-0.4, -0.2) is 5.78 Å². The zero-order valence-corrected chi connectivity index (χ0v) is 8.19. The topological polar surface area (TPSA) is 26.3 Å². The molecule has 2 heteroatoms. The van der Waals surface area contributed by atoms with Crippen LogP contribution < -0.4 is 4.74 Å². The van der Waals surface area contributed by atoms with Gasteiger partial charge in [-0.15, -0.1) is 0 Å². The van der Waals surface area contributed by atoms with Gasteiger partial charge < -0.3 is 4.74 Å². The van der Waals surface area contributed by atoms with Crippen LogP contribution in [0.4, 0.5) is 0 Å². The lowest BCUT2D eigenvalue weighted by Gasteiger charge is -2.22. The number of hydrogen-bond donors (Lipinski definition) is 0. The molecule has 2 aliphatic rings. The van der Waals surface area contributed by atoms with E-state index < -0.39 is 0 Å². The van der Waals surface area contributed by atoms with E-state index in [9.17, 15) is 4.79 Å². The summed E-state index contributed by atoms with van der Waals surface area (Å²) in [6, 6.07) is 7.76. The second-order valence-electron chi connectivity index (χ2n) is 3.73. The first-order valence-electron chi connectivity index (χ1n) is 5.07. The second-order valence-corrected chi connectivity index (χ2v) is 3.73. The molecule has 0 bridgehead atoms. The number of ketones is 1. The summed E-state index contributed by atoms with van der Waals surface area (Å²) in [5, 5.41) is 0. The Bertz CT molecular complexity index is 495. The van der Waals surface area contributed by atoms with Crippen molar-refractivity contribution in [3.05, 3.63) is 47.2 Å². The Kier molecular flexibility index (Phi) is 1.75. The number of ether oxygens (including phenoxy) is 1. The van der Waals surface area contributed by atoms with E-state index in [4.69, 9.17) is 4.74 Å². The molecule has 1 heterocycles. The summed E-state index contributed by atoms with van der Waals surface area (Å²) in [6.07, 6.45) is 5.30. The van der Waals surface area contributed by atoms with Gasteiger partial charge in [0.1, 0.15) is 11.5 Å². The summed E-state index contributed by atoms with van der Waals surface area (Å²) < 4.78 is 5.68. The Balaban J connectivity index is 2.17. The van der Waals surface area contributed by atoms with E-state index in [0.717, 1.165) is 29.1 Å². The predicted molar refractivity (Wildman–Crippen MR) is 57.4 cm³/mol. The maximum Gasteiger partial charge on any atom is 0.166 e. The van der Waals surface area contributed by atoms with Gasteiger partial charge in [0.25, 0.3) is 0 Å².